The van der Waals surface area contributed by atoms with E-state index in [4.69, 9.17) is 4.74 Å². The number of nitrogens with one attached hydrogen (secondary N) is 1. The SMILES string of the molecule is COc1cccc([C@H]2[C@H](C#N)C(=O)Nc3nc4ccccc4n32)c1. The molecule has 1 aliphatic rings. The van der Waals surface area contributed by atoms with Crippen LogP contribution >= 0.6 is 0 Å². The van der Waals surface area contributed by atoms with E-state index in [0.29, 0.717) is 11.7 Å². The van der Waals surface area contributed by atoms with Gasteiger partial charge in [0.15, 0.2) is 5.92 Å². The third-order valence-electron chi connectivity index (χ3n) is 4.28. The molecule has 24 heavy (non-hydrogen) atoms. The normalized spacial score (nSPS) is 19.4. The van der Waals surface area contributed by atoms with Crippen molar-refractivity contribution in [1.82, 2.24) is 9.55 Å². The molecule has 0 aliphatic carbocycles. The molecule has 0 saturated carbocycles. The first-order valence-corrected chi connectivity index (χ1v) is 7.54. The van der Waals surface area contributed by atoms with Gasteiger partial charge in [-0.2, -0.15) is 5.26 Å². The van der Waals surface area contributed by atoms with E-state index in [-0.39, 0.29) is 5.91 Å². The quantitative estimate of drug-likeness (QED) is 0.788. The third kappa shape index (κ3) is 2.02. The molecular weight excluding hydrogens is 304 g/mol. The molecule has 1 aromatic heterocycles. The second-order valence-corrected chi connectivity index (χ2v) is 5.61. The van der Waals surface area contributed by atoms with Crippen LogP contribution in [0.4, 0.5) is 5.95 Å². The van der Waals surface area contributed by atoms with E-state index in [1.165, 1.54) is 0 Å². The third-order valence-corrected chi connectivity index (χ3v) is 4.28. The maximum atomic E-state index is 12.4. The number of nitrogens with zero attached hydrogens (tertiary/aromatic N) is 3. The van der Waals surface area contributed by atoms with Gasteiger partial charge in [-0.1, -0.05) is 24.3 Å². The highest BCUT2D eigenvalue weighted by atomic mass is 16.5. The van der Waals surface area contributed by atoms with E-state index in [1.807, 2.05) is 53.1 Å². The lowest BCUT2D eigenvalue weighted by molar-refractivity contribution is -0.119. The average molecular weight is 318 g/mol. The zero-order valence-corrected chi connectivity index (χ0v) is 12.9. The number of aromatic nitrogens is 2. The number of anilines is 1. The van der Waals surface area contributed by atoms with Crippen LogP contribution in [0.5, 0.6) is 5.75 Å². The fourth-order valence-corrected chi connectivity index (χ4v) is 3.19. The Morgan fingerprint density at radius 2 is 2.08 bits per heavy atom. The van der Waals surface area contributed by atoms with E-state index in [9.17, 15) is 10.1 Å². The smallest absolute Gasteiger partial charge is 0.246 e. The van der Waals surface area contributed by atoms with Crippen LogP contribution in [0.25, 0.3) is 11.0 Å². The van der Waals surface area contributed by atoms with Gasteiger partial charge in [0, 0.05) is 0 Å². The molecule has 6 heteroatoms. The molecule has 2 aromatic carbocycles. The molecule has 0 unspecified atom stereocenters. The summed E-state index contributed by atoms with van der Waals surface area (Å²) in [6, 6.07) is 16.7. The monoisotopic (exact) mass is 318 g/mol. The number of hydrogen-bond donors (Lipinski definition) is 1. The van der Waals surface area contributed by atoms with Gasteiger partial charge in [0.2, 0.25) is 11.9 Å². The fourth-order valence-electron chi connectivity index (χ4n) is 3.19. The predicted molar refractivity (Wildman–Crippen MR) is 88.6 cm³/mol. The lowest BCUT2D eigenvalue weighted by Crippen LogP contribution is -2.37. The number of ether oxygens (including phenoxy) is 1. The zero-order chi connectivity index (χ0) is 16.7. The zero-order valence-electron chi connectivity index (χ0n) is 12.9. The van der Waals surface area contributed by atoms with Crippen molar-refractivity contribution in [2.45, 2.75) is 6.04 Å². The highest BCUT2D eigenvalue weighted by Gasteiger charge is 2.38. The highest BCUT2D eigenvalue weighted by molar-refractivity contribution is 5.97. The number of carbonyl (C=O) groups excluding carboxylic acids is 1. The molecule has 1 aliphatic heterocycles. The average Bonchev–Trinajstić information content (AvgIpc) is 2.98. The van der Waals surface area contributed by atoms with Gasteiger partial charge in [0.25, 0.3) is 0 Å². The first-order chi connectivity index (χ1) is 11.7. The van der Waals surface area contributed by atoms with Crippen LogP contribution < -0.4 is 10.1 Å². The Morgan fingerprint density at radius 1 is 1.25 bits per heavy atom. The van der Waals surface area contributed by atoms with Gasteiger partial charge in [-0.15, -0.1) is 0 Å². The predicted octanol–water partition coefficient (Wildman–Crippen LogP) is 2.73. The Bertz CT molecular complexity index is 986. The first-order valence-electron chi connectivity index (χ1n) is 7.54. The number of nitriles is 1. The fraction of sp³-hybridized carbons (Fsp3) is 0.167. The summed E-state index contributed by atoms with van der Waals surface area (Å²) in [5.41, 5.74) is 2.49. The molecule has 0 bridgehead atoms. The number of imidazole rings is 1. The van der Waals surface area contributed by atoms with Crippen LogP contribution in [-0.4, -0.2) is 22.6 Å². The molecule has 118 valence electrons. The van der Waals surface area contributed by atoms with Crippen LogP contribution in [0.3, 0.4) is 0 Å². The van der Waals surface area contributed by atoms with Gasteiger partial charge in [0.05, 0.1) is 30.3 Å². The van der Waals surface area contributed by atoms with E-state index < -0.39 is 12.0 Å². The van der Waals surface area contributed by atoms with E-state index in [2.05, 4.69) is 16.4 Å². The van der Waals surface area contributed by atoms with Gasteiger partial charge in [-0.25, -0.2) is 4.98 Å². The Balaban J connectivity index is 1.99. The summed E-state index contributed by atoms with van der Waals surface area (Å²) in [7, 11) is 1.59. The van der Waals surface area contributed by atoms with Crippen LogP contribution in [0.1, 0.15) is 11.6 Å². The van der Waals surface area contributed by atoms with Crippen molar-refractivity contribution < 1.29 is 9.53 Å². The Morgan fingerprint density at radius 3 is 2.88 bits per heavy atom. The number of benzene rings is 2. The number of rotatable bonds is 2. The van der Waals surface area contributed by atoms with Gasteiger partial charge in [-0.3, -0.25) is 10.1 Å². The molecule has 2 atom stereocenters. The highest BCUT2D eigenvalue weighted by Crippen LogP contribution is 2.38. The summed E-state index contributed by atoms with van der Waals surface area (Å²) in [5.74, 6) is -0.0444. The lowest BCUT2D eigenvalue weighted by atomic mass is 9.91. The number of amides is 1. The molecule has 3 aromatic rings. The molecule has 0 radical (unpaired) electrons. The minimum absolute atomic E-state index is 0.340. The van der Waals surface area contributed by atoms with E-state index in [1.54, 1.807) is 7.11 Å². The second kappa shape index (κ2) is 5.39. The lowest BCUT2D eigenvalue weighted by Gasteiger charge is -2.30. The number of methoxy groups -OCH3 is 1. The molecule has 1 N–H and O–H groups in total. The minimum atomic E-state index is -0.845. The maximum Gasteiger partial charge on any atom is 0.246 e. The van der Waals surface area contributed by atoms with Crippen LogP contribution in [0.2, 0.25) is 0 Å². The largest absolute Gasteiger partial charge is 0.497 e. The van der Waals surface area contributed by atoms with Gasteiger partial charge in [0.1, 0.15) is 5.75 Å². The Kier molecular flexibility index (Phi) is 3.21. The van der Waals surface area contributed by atoms with Crippen molar-refractivity contribution in [3.63, 3.8) is 0 Å². The molecule has 1 amide bonds. The molecule has 4 rings (SSSR count). The van der Waals surface area contributed by atoms with Gasteiger partial charge >= 0.3 is 0 Å². The number of para-hydroxylation sites is 2. The van der Waals surface area contributed by atoms with E-state index >= 15 is 0 Å². The van der Waals surface area contributed by atoms with Crippen molar-refractivity contribution in [1.29, 1.82) is 5.26 Å². The molecule has 6 nitrogen and oxygen atoms in total. The standard InChI is InChI=1S/C18H14N4O2/c1-24-12-6-4-5-11(9-12)16-13(10-19)17(23)21-18-20-14-7-2-3-8-15(14)22(16)18/h2-9,13,16H,1H3,(H,20,21,23)/t13-,16-/m0/s1. The topological polar surface area (TPSA) is 79.9 Å². The van der Waals surface area contributed by atoms with Crippen LogP contribution in [-0.2, 0) is 4.79 Å². The molecule has 0 fully saturated rings. The van der Waals surface area contributed by atoms with Crippen LogP contribution in [0.15, 0.2) is 48.5 Å². The molecule has 0 saturated heterocycles. The van der Waals surface area contributed by atoms with E-state index in [0.717, 1.165) is 16.6 Å². The Labute approximate surface area is 138 Å². The Hall–Kier alpha value is -3.33. The van der Waals surface area contributed by atoms with Crippen molar-refractivity contribution >= 4 is 22.9 Å². The number of hydrogen-bond acceptors (Lipinski definition) is 4. The molecular formula is C18H14N4O2. The summed E-state index contributed by atoms with van der Waals surface area (Å²) in [6.07, 6.45) is 0. The van der Waals surface area contributed by atoms with Crippen molar-refractivity contribution in [3.8, 4) is 11.8 Å². The van der Waals surface area contributed by atoms with Gasteiger partial charge in [-0.05, 0) is 29.8 Å². The first kappa shape index (κ1) is 14.3. The minimum Gasteiger partial charge on any atom is -0.497 e. The second-order valence-electron chi connectivity index (χ2n) is 5.61. The number of carbonyl (C=O) groups is 1. The summed E-state index contributed by atoms with van der Waals surface area (Å²) in [4.78, 5) is 16.9. The molecule has 0 spiro atoms. The van der Waals surface area contributed by atoms with Crippen molar-refractivity contribution in [2.75, 3.05) is 12.4 Å². The summed E-state index contributed by atoms with van der Waals surface area (Å²) in [6.45, 7) is 0. The van der Waals surface area contributed by atoms with Gasteiger partial charge < -0.3 is 9.30 Å². The summed E-state index contributed by atoms with van der Waals surface area (Å²) in [5, 5.41) is 12.3. The summed E-state index contributed by atoms with van der Waals surface area (Å²) < 4.78 is 7.21. The number of fused-ring (bicyclic) bond motifs is 3. The molecule has 2 heterocycles. The maximum absolute atomic E-state index is 12.4. The van der Waals surface area contributed by atoms with Crippen molar-refractivity contribution in [2.24, 2.45) is 5.92 Å². The van der Waals surface area contributed by atoms with Crippen LogP contribution in [0, 0.1) is 17.2 Å². The van der Waals surface area contributed by atoms with Crippen molar-refractivity contribution in [3.05, 3.63) is 54.1 Å². The summed E-state index contributed by atoms with van der Waals surface area (Å²) >= 11 is 0.